The predicted molar refractivity (Wildman–Crippen MR) is 158 cm³/mol. The summed E-state index contributed by atoms with van der Waals surface area (Å²) < 4.78 is 5.12. The van der Waals surface area contributed by atoms with Crippen molar-refractivity contribution in [1.29, 1.82) is 0 Å². The lowest BCUT2D eigenvalue weighted by atomic mass is 9.84. The number of nitrogens with zero attached hydrogens (tertiary/aromatic N) is 2. The van der Waals surface area contributed by atoms with Crippen molar-refractivity contribution in [1.82, 2.24) is 10.3 Å². The Bertz CT molecular complexity index is 1170. The molecule has 5 heteroatoms. The van der Waals surface area contributed by atoms with Gasteiger partial charge in [0, 0.05) is 43.8 Å². The number of hydrogen-bond donors (Lipinski definition) is 1. The molecule has 0 saturated carbocycles. The van der Waals surface area contributed by atoms with Crippen molar-refractivity contribution >= 4 is 17.4 Å². The quantitative estimate of drug-likeness (QED) is 0.159. The van der Waals surface area contributed by atoms with Crippen molar-refractivity contribution in [2.75, 3.05) is 37.4 Å². The molecule has 0 bridgehead atoms. The molecule has 1 heterocycles. The van der Waals surface area contributed by atoms with Gasteiger partial charge in [-0.25, -0.2) is 0 Å². The van der Waals surface area contributed by atoms with Crippen molar-refractivity contribution in [3.63, 3.8) is 0 Å². The van der Waals surface area contributed by atoms with Crippen LogP contribution in [0.4, 0.5) is 5.69 Å². The molecule has 0 atom stereocenters. The number of anilines is 1. The maximum absolute atomic E-state index is 5.46. The molecular formula is C32H37N3OS. The molecular weight excluding hydrogens is 474 g/mol. The Hall–Kier alpha value is -3.28. The third-order valence-corrected chi connectivity index (χ3v) is 8.24. The number of hydrogen-bond acceptors (Lipinski definition) is 5. The lowest BCUT2D eigenvalue weighted by Crippen LogP contribution is -2.28. The molecule has 0 aliphatic heterocycles. The number of rotatable bonds is 13. The highest BCUT2D eigenvalue weighted by Crippen LogP contribution is 2.48. The van der Waals surface area contributed by atoms with Crippen LogP contribution in [0.15, 0.2) is 103 Å². The van der Waals surface area contributed by atoms with Gasteiger partial charge >= 0.3 is 0 Å². The third-order valence-electron chi connectivity index (χ3n) is 6.69. The van der Waals surface area contributed by atoms with E-state index in [2.05, 4.69) is 126 Å². The van der Waals surface area contributed by atoms with Gasteiger partial charge in [0.1, 0.15) is 5.75 Å². The van der Waals surface area contributed by atoms with E-state index >= 15 is 0 Å². The number of nitrogens with one attached hydrogen (secondary N) is 1. The molecule has 4 rings (SSSR count). The average molecular weight is 512 g/mol. The summed E-state index contributed by atoms with van der Waals surface area (Å²) in [5.41, 5.74) is 6.08. The summed E-state index contributed by atoms with van der Waals surface area (Å²) in [6, 6.07) is 34.4. The molecule has 0 unspecified atom stereocenters. The van der Waals surface area contributed by atoms with E-state index in [-0.39, 0.29) is 4.75 Å². The van der Waals surface area contributed by atoms with Gasteiger partial charge in [-0.15, -0.1) is 11.8 Å². The summed E-state index contributed by atoms with van der Waals surface area (Å²) in [5, 5.41) is 3.63. The summed E-state index contributed by atoms with van der Waals surface area (Å²) in [7, 11) is 1.71. The Balaban J connectivity index is 1.55. The van der Waals surface area contributed by atoms with Crippen LogP contribution in [-0.2, 0) is 11.3 Å². The number of pyridine rings is 1. The monoisotopic (exact) mass is 511 g/mol. The molecule has 0 radical (unpaired) electrons. The molecule has 1 aromatic heterocycles. The summed E-state index contributed by atoms with van der Waals surface area (Å²) in [6.45, 7) is 8.00. The van der Waals surface area contributed by atoms with Crippen LogP contribution < -0.4 is 15.0 Å². The van der Waals surface area contributed by atoms with Crippen LogP contribution >= 0.6 is 11.8 Å². The van der Waals surface area contributed by atoms with Gasteiger partial charge in [0.15, 0.2) is 0 Å². The minimum absolute atomic E-state index is 0.336. The summed E-state index contributed by atoms with van der Waals surface area (Å²) in [5.74, 6) is 1.80. The molecule has 1 N–H and O–H groups in total. The number of thioether (sulfide) groups is 1. The molecule has 4 nitrogen and oxygen atoms in total. The first-order valence-corrected chi connectivity index (χ1v) is 14.0. The standard InChI is InChI=1S/C32H37N3OS/c1-4-35(5-2)30-20-21-34-29(24-30)25-33-22-23-37-32(26-12-8-6-9-13-26,27-14-10-7-11-15-27)28-16-18-31(36-3)19-17-28/h6-21,24,33H,4-5,22-23,25H2,1-3H3. The first-order chi connectivity index (χ1) is 18.2. The summed E-state index contributed by atoms with van der Waals surface area (Å²) in [6.07, 6.45) is 1.92. The zero-order valence-electron chi connectivity index (χ0n) is 22.1. The van der Waals surface area contributed by atoms with E-state index in [9.17, 15) is 0 Å². The number of aromatic nitrogens is 1. The number of methoxy groups -OCH3 is 1. The van der Waals surface area contributed by atoms with E-state index in [1.165, 1.54) is 22.4 Å². The Morgan fingerprint density at radius 2 is 1.41 bits per heavy atom. The van der Waals surface area contributed by atoms with Crippen molar-refractivity contribution in [3.05, 3.63) is 126 Å². The number of ether oxygens (including phenoxy) is 1. The van der Waals surface area contributed by atoms with Gasteiger partial charge in [0.05, 0.1) is 17.6 Å². The smallest absolute Gasteiger partial charge is 0.118 e. The molecule has 0 spiro atoms. The van der Waals surface area contributed by atoms with Gasteiger partial charge in [0.2, 0.25) is 0 Å². The fourth-order valence-electron chi connectivity index (χ4n) is 4.76. The Labute approximate surface area is 226 Å². The van der Waals surface area contributed by atoms with Gasteiger partial charge < -0.3 is 15.0 Å². The topological polar surface area (TPSA) is 37.4 Å². The SMILES string of the molecule is CCN(CC)c1ccnc(CNCCSC(c2ccccc2)(c2ccccc2)c2ccc(OC)cc2)c1. The van der Waals surface area contributed by atoms with E-state index in [1.807, 2.05) is 18.0 Å². The van der Waals surface area contributed by atoms with Crippen LogP contribution in [0.25, 0.3) is 0 Å². The second kappa shape index (κ2) is 13.3. The van der Waals surface area contributed by atoms with Crippen LogP contribution in [0.3, 0.4) is 0 Å². The van der Waals surface area contributed by atoms with Crippen LogP contribution in [-0.4, -0.2) is 37.5 Å². The first-order valence-electron chi connectivity index (χ1n) is 13.0. The molecule has 0 fully saturated rings. The van der Waals surface area contributed by atoms with E-state index in [0.29, 0.717) is 0 Å². The molecule has 192 valence electrons. The summed E-state index contributed by atoms with van der Waals surface area (Å²) in [4.78, 5) is 6.94. The van der Waals surface area contributed by atoms with E-state index < -0.39 is 0 Å². The molecule has 0 aliphatic carbocycles. The normalized spacial score (nSPS) is 11.3. The fraction of sp³-hybridized carbons (Fsp3) is 0.281. The maximum Gasteiger partial charge on any atom is 0.118 e. The van der Waals surface area contributed by atoms with Gasteiger partial charge in [0.25, 0.3) is 0 Å². The Morgan fingerprint density at radius 1 is 0.811 bits per heavy atom. The van der Waals surface area contributed by atoms with Crippen molar-refractivity contribution in [2.24, 2.45) is 0 Å². The zero-order valence-corrected chi connectivity index (χ0v) is 22.9. The molecule has 0 saturated heterocycles. The van der Waals surface area contributed by atoms with Crippen molar-refractivity contribution < 1.29 is 4.74 Å². The van der Waals surface area contributed by atoms with Crippen LogP contribution in [0.5, 0.6) is 5.75 Å². The molecule has 0 aliphatic rings. The first kappa shape index (κ1) is 26.8. The predicted octanol–water partition coefficient (Wildman–Crippen LogP) is 6.75. The molecule has 3 aromatic carbocycles. The van der Waals surface area contributed by atoms with Gasteiger partial charge in [-0.1, -0.05) is 72.8 Å². The van der Waals surface area contributed by atoms with Crippen LogP contribution in [0, 0.1) is 0 Å². The van der Waals surface area contributed by atoms with E-state index in [4.69, 9.17) is 4.74 Å². The van der Waals surface area contributed by atoms with Gasteiger partial charge in [-0.3, -0.25) is 4.98 Å². The minimum Gasteiger partial charge on any atom is -0.497 e. The third kappa shape index (κ3) is 6.35. The van der Waals surface area contributed by atoms with Gasteiger partial charge in [-0.2, -0.15) is 0 Å². The maximum atomic E-state index is 5.46. The lowest BCUT2D eigenvalue weighted by molar-refractivity contribution is 0.414. The largest absolute Gasteiger partial charge is 0.497 e. The van der Waals surface area contributed by atoms with Crippen molar-refractivity contribution in [2.45, 2.75) is 25.1 Å². The second-order valence-electron chi connectivity index (χ2n) is 8.84. The zero-order chi connectivity index (χ0) is 25.9. The Morgan fingerprint density at radius 3 is 1.97 bits per heavy atom. The van der Waals surface area contributed by atoms with E-state index in [0.717, 1.165) is 43.4 Å². The highest BCUT2D eigenvalue weighted by Gasteiger charge is 2.36. The van der Waals surface area contributed by atoms with Crippen molar-refractivity contribution in [3.8, 4) is 5.75 Å². The molecule has 4 aromatic rings. The molecule has 0 amide bonds. The average Bonchev–Trinajstić information content (AvgIpc) is 2.97. The minimum atomic E-state index is -0.336. The Kier molecular flexibility index (Phi) is 9.64. The highest BCUT2D eigenvalue weighted by molar-refractivity contribution is 8.00. The summed E-state index contributed by atoms with van der Waals surface area (Å²) >= 11 is 1.96. The highest BCUT2D eigenvalue weighted by atomic mass is 32.2. The van der Waals surface area contributed by atoms with Gasteiger partial charge in [-0.05, 0) is 54.8 Å². The lowest BCUT2D eigenvalue weighted by Gasteiger charge is -2.35. The van der Waals surface area contributed by atoms with E-state index in [1.54, 1.807) is 7.11 Å². The fourth-order valence-corrected chi connectivity index (χ4v) is 6.22. The van der Waals surface area contributed by atoms with Crippen LogP contribution in [0.2, 0.25) is 0 Å². The number of benzene rings is 3. The van der Waals surface area contributed by atoms with Crippen LogP contribution in [0.1, 0.15) is 36.2 Å². The molecule has 37 heavy (non-hydrogen) atoms. The second-order valence-corrected chi connectivity index (χ2v) is 10.2.